The molecule has 28 heavy (non-hydrogen) atoms. The molecule has 0 spiro atoms. The first-order chi connectivity index (χ1) is 13.3. The molecule has 0 bridgehead atoms. The molecule has 2 aromatic rings. The van der Waals surface area contributed by atoms with Crippen molar-refractivity contribution in [3.8, 4) is 5.69 Å². The van der Waals surface area contributed by atoms with E-state index in [2.05, 4.69) is 49.6 Å². The minimum absolute atomic E-state index is 0.212. The van der Waals surface area contributed by atoms with Gasteiger partial charge in [0.25, 0.3) is 11.1 Å². The molecule has 2 heterocycles. The van der Waals surface area contributed by atoms with E-state index in [0.29, 0.717) is 24.5 Å². The Morgan fingerprint density at radius 2 is 1.79 bits per heavy atom. The van der Waals surface area contributed by atoms with E-state index in [1.807, 2.05) is 13.0 Å². The number of nitrogens with zero attached hydrogens (tertiary/aromatic N) is 2. The Morgan fingerprint density at radius 3 is 2.43 bits per heavy atom. The molecule has 2 amide bonds. The van der Waals surface area contributed by atoms with E-state index in [4.69, 9.17) is 4.74 Å². The van der Waals surface area contributed by atoms with Gasteiger partial charge in [0.15, 0.2) is 0 Å². The number of benzene rings is 1. The van der Waals surface area contributed by atoms with Crippen molar-refractivity contribution in [1.29, 1.82) is 0 Å². The number of thioether (sulfide) groups is 1. The maximum absolute atomic E-state index is 12.7. The monoisotopic (exact) mass is 398 g/mol. The van der Waals surface area contributed by atoms with Crippen molar-refractivity contribution in [3.05, 3.63) is 57.2 Å². The molecule has 0 atom stereocenters. The van der Waals surface area contributed by atoms with E-state index >= 15 is 0 Å². The number of carbonyl (C=O) groups excluding carboxylic acids is 2. The number of imide groups is 1. The number of carbonyl (C=O) groups is 2. The Balaban J connectivity index is 1.94. The fraction of sp³-hybridized carbons (Fsp3) is 0.364. The number of rotatable bonds is 6. The van der Waals surface area contributed by atoms with Crippen molar-refractivity contribution in [2.45, 2.75) is 34.1 Å². The van der Waals surface area contributed by atoms with Gasteiger partial charge in [-0.05, 0) is 74.7 Å². The molecule has 1 fully saturated rings. The summed E-state index contributed by atoms with van der Waals surface area (Å²) >= 11 is 1.01. The zero-order chi connectivity index (χ0) is 20.4. The van der Waals surface area contributed by atoms with Gasteiger partial charge in [-0.15, -0.1) is 0 Å². The lowest BCUT2D eigenvalue weighted by Crippen LogP contribution is -2.29. The largest absolute Gasteiger partial charge is 0.385 e. The van der Waals surface area contributed by atoms with Crippen LogP contribution in [0.15, 0.2) is 29.2 Å². The Morgan fingerprint density at radius 1 is 1.11 bits per heavy atom. The topological polar surface area (TPSA) is 51.5 Å². The number of hydrogen-bond donors (Lipinski definition) is 0. The highest BCUT2D eigenvalue weighted by molar-refractivity contribution is 8.18. The van der Waals surface area contributed by atoms with Gasteiger partial charge in [-0.25, -0.2) is 0 Å². The number of methoxy groups -OCH3 is 1. The predicted molar refractivity (Wildman–Crippen MR) is 114 cm³/mol. The van der Waals surface area contributed by atoms with Crippen LogP contribution >= 0.6 is 11.8 Å². The maximum Gasteiger partial charge on any atom is 0.293 e. The van der Waals surface area contributed by atoms with Crippen molar-refractivity contribution < 1.29 is 14.3 Å². The Hall–Kier alpha value is -2.31. The van der Waals surface area contributed by atoms with Crippen LogP contribution in [0.4, 0.5) is 4.79 Å². The third-order valence-corrected chi connectivity index (χ3v) is 5.93. The molecule has 0 saturated carbocycles. The first-order valence-electron chi connectivity index (χ1n) is 9.35. The van der Waals surface area contributed by atoms with Gasteiger partial charge in [-0.1, -0.05) is 18.2 Å². The molecular weight excluding hydrogens is 372 g/mol. The summed E-state index contributed by atoms with van der Waals surface area (Å²) in [6, 6.07) is 8.33. The minimum Gasteiger partial charge on any atom is -0.385 e. The lowest BCUT2D eigenvalue weighted by Gasteiger charge is -2.15. The SMILES string of the molecule is COCCCN1C(=O)S/C(=C/c2cc(C)n(-c3c(C)cccc3C)c2C)C1=O. The molecule has 0 radical (unpaired) electrons. The summed E-state index contributed by atoms with van der Waals surface area (Å²) in [4.78, 5) is 26.7. The number of aryl methyl sites for hydroxylation is 3. The van der Waals surface area contributed by atoms with E-state index in [9.17, 15) is 9.59 Å². The lowest BCUT2D eigenvalue weighted by atomic mass is 10.1. The zero-order valence-corrected chi connectivity index (χ0v) is 17.9. The van der Waals surface area contributed by atoms with Gasteiger partial charge < -0.3 is 9.30 Å². The van der Waals surface area contributed by atoms with Crippen LogP contribution < -0.4 is 0 Å². The normalized spacial score (nSPS) is 15.9. The molecule has 1 aliphatic heterocycles. The third kappa shape index (κ3) is 3.80. The Labute approximate surface area is 170 Å². The van der Waals surface area contributed by atoms with Crippen molar-refractivity contribution in [1.82, 2.24) is 9.47 Å². The first kappa shape index (κ1) is 20.4. The van der Waals surface area contributed by atoms with Crippen molar-refractivity contribution >= 4 is 29.0 Å². The Kier molecular flexibility index (Phi) is 6.10. The third-order valence-electron chi connectivity index (χ3n) is 5.02. The number of aromatic nitrogens is 1. The number of para-hydroxylation sites is 1. The number of hydrogen-bond acceptors (Lipinski definition) is 4. The van der Waals surface area contributed by atoms with Crippen LogP contribution in [0.1, 0.15) is 34.5 Å². The standard InChI is InChI=1S/C22H26N2O3S/c1-14-8-6-9-15(2)20(14)24-16(3)12-18(17(24)4)13-19-21(25)23(22(26)28-19)10-7-11-27-5/h6,8-9,12-13H,7,10-11H2,1-5H3/b19-13+. The van der Waals surface area contributed by atoms with Crippen molar-refractivity contribution in [2.75, 3.05) is 20.3 Å². The van der Waals surface area contributed by atoms with Gasteiger partial charge in [0.05, 0.1) is 10.6 Å². The van der Waals surface area contributed by atoms with Gasteiger partial charge in [-0.3, -0.25) is 14.5 Å². The Bertz CT molecular complexity index is 939. The summed E-state index contributed by atoms with van der Waals surface area (Å²) in [5, 5.41) is -0.212. The quantitative estimate of drug-likeness (QED) is 0.519. The van der Waals surface area contributed by atoms with Crippen LogP contribution in [0.5, 0.6) is 0 Å². The van der Waals surface area contributed by atoms with Crippen LogP contribution in [0.2, 0.25) is 0 Å². The van der Waals surface area contributed by atoms with Crippen LogP contribution in [-0.2, 0) is 9.53 Å². The van der Waals surface area contributed by atoms with Gasteiger partial charge in [0.2, 0.25) is 0 Å². The van der Waals surface area contributed by atoms with Gasteiger partial charge in [0.1, 0.15) is 0 Å². The molecule has 148 valence electrons. The second-order valence-electron chi connectivity index (χ2n) is 7.08. The van der Waals surface area contributed by atoms with E-state index in [1.165, 1.54) is 21.7 Å². The van der Waals surface area contributed by atoms with Crippen LogP contribution in [0, 0.1) is 27.7 Å². The molecule has 6 heteroatoms. The molecule has 0 aliphatic carbocycles. The maximum atomic E-state index is 12.7. The van der Waals surface area contributed by atoms with Crippen LogP contribution in [0.3, 0.4) is 0 Å². The molecule has 0 N–H and O–H groups in total. The second kappa shape index (κ2) is 8.37. The zero-order valence-electron chi connectivity index (χ0n) is 17.0. The van der Waals surface area contributed by atoms with Gasteiger partial charge in [0, 0.05) is 31.6 Å². The molecule has 1 aromatic carbocycles. The smallest absolute Gasteiger partial charge is 0.293 e. The van der Waals surface area contributed by atoms with Gasteiger partial charge >= 0.3 is 0 Å². The second-order valence-corrected chi connectivity index (χ2v) is 8.08. The molecule has 5 nitrogen and oxygen atoms in total. The van der Waals surface area contributed by atoms with E-state index < -0.39 is 0 Å². The van der Waals surface area contributed by atoms with Crippen molar-refractivity contribution in [2.24, 2.45) is 0 Å². The highest BCUT2D eigenvalue weighted by atomic mass is 32.2. The molecule has 3 rings (SSSR count). The summed E-state index contributed by atoms with van der Waals surface area (Å²) in [6.07, 6.45) is 2.48. The first-order valence-corrected chi connectivity index (χ1v) is 10.2. The average molecular weight is 399 g/mol. The summed E-state index contributed by atoms with van der Waals surface area (Å²) in [7, 11) is 1.61. The van der Waals surface area contributed by atoms with E-state index in [1.54, 1.807) is 7.11 Å². The predicted octanol–water partition coefficient (Wildman–Crippen LogP) is 4.78. The minimum atomic E-state index is -0.219. The van der Waals surface area contributed by atoms with Crippen molar-refractivity contribution in [3.63, 3.8) is 0 Å². The summed E-state index contributed by atoms with van der Waals surface area (Å²) < 4.78 is 7.24. The summed E-state index contributed by atoms with van der Waals surface area (Å²) in [5.41, 5.74) is 6.69. The van der Waals surface area contributed by atoms with Gasteiger partial charge in [-0.2, -0.15) is 0 Å². The highest BCUT2D eigenvalue weighted by Crippen LogP contribution is 2.34. The average Bonchev–Trinajstić information content (AvgIpc) is 3.06. The van der Waals surface area contributed by atoms with Crippen LogP contribution in [-0.4, -0.2) is 40.9 Å². The summed E-state index contributed by atoms with van der Waals surface area (Å²) in [6.45, 7) is 9.23. The lowest BCUT2D eigenvalue weighted by molar-refractivity contribution is -0.122. The highest BCUT2D eigenvalue weighted by Gasteiger charge is 2.34. The molecule has 0 unspecified atom stereocenters. The molecule has 1 saturated heterocycles. The van der Waals surface area contributed by atoms with E-state index in [0.717, 1.165) is 28.7 Å². The fourth-order valence-corrected chi connectivity index (χ4v) is 4.49. The molecular formula is C22H26N2O3S. The number of amides is 2. The molecule has 1 aromatic heterocycles. The summed E-state index contributed by atoms with van der Waals surface area (Å²) in [5.74, 6) is -0.219. The van der Waals surface area contributed by atoms with Crippen LogP contribution in [0.25, 0.3) is 11.8 Å². The number of ether oxygens (including phenoxy) is 1. The molecule has 1 aliphatic rings. The van der Waals surface area contributed by atoms with E-state index in [-0.39, 0.29) is 11.1 Å². The fourth-order valence-electron chi connectivity index (χ4n) is 3.64.